The van der Waals surface area contributed by atoms with Crippen LogP contribution in [0.15, 0.2) is 6.20 Å². The SMILES string of the molecule is COc1c(C)cnc(CNC(C)CC2CC2)c1C. The number of methoxy groups -OCH3 is 1. The highest BCUT2D eigenvalue weighted by Gasteiger charge is 2.23. The van der Waals surface area contributed by atoms with Gasteiger partial charge >= 0.3 is 0 Å². The molecule has 3 nitrogen and oxygen atoms in total. The zero-order valence-corrected chi connectivity index (χ0v) is 11.9. The Morgan fingerprint density at radius 3 is 2.78 bits per heavy atom. The minimum Gasteiger partial charge on any atom is -0.496 e. The van der Waals surface area contributed by atoms with E-state index in [2.05, 4.69) is 24.1 Å². The smallest absolute Gasteiger partial charge is 0.128 e. The third-order valence-electron chi connectivity index (χ3n) is 3.75. The number of nitrogens with zero attached hydrogens (tertiary/aromatic N) is 1. The van der Waals surface area contributed by atoms with Gasteiger partial charge in [-0.3, -0.25) is 4.98 Å². The fourth-order valence-electron chi connectivity index (χ4n) is 2.46. The minimum absolute atomic E-state index is 0.575. The predicted octanol–water partition coefficient (Wildman–Crippen LogP) is 2.99. The fraction of sp³-hybridized carbons (Fsp3) is 0.667. The molecule has 100 valence electrons. The van der Waals surface area contributed by atoms with E-state index in [9.17, 15) is 0 Å². The standard InChI is InChI=1S/C15H24N2O/c1-10-8-17-14(12(3)15(10)18-4)9-16-11(2)7-13-5-6-13/h8,11,13,16H,5-7,9H2,1-4H3. The Balaban J connectivity index is 1.95. The zero-order chi connectivity index (χ0) is 13.1. The van der Waals surface area contributed by atoms with Gasteiger partial charge in [-0.2, -0.15) is 0 Å². The van der Waals surface area contributed by atoms with Gasteiger partial charge in [0.2, 0.25) is 0 Å². The molecule has 1 heterocycles. The normalized spacial score (nSPS) is 16.7. The van der Waals surface area contributed by atoms with Gasteiger partial charge in [0.1, 0.15) is 5.75 Å². The molecule has 1 aromatic rings. The molecular weight excluding hydrogens is 224 g/mol. The van der Waals surface area contributed by atoms with Gasteiger partial charge in [0, 0.05) is 29.9 Å². The maximum Gasteiger partial charge on any atom is 0.128 e. The van der Waals surface area contributed by atoms with E-state index < -0.39 is 0 Å². The summed E-state index contributed by atoms with van der Waals surface area (Å²) in [4.78, 5) is 4.51. The fourth-order valence-corrected chi connectivity index (χ4v) is 2.46. The van der Waals surface area contributed by atoms with Gasteiger partial charge in [-0.15, -0.1) is 0 Å². The lowest BCUT2D eigenvalue weighted by Gasteiger charge is -2.16. The van der Waals surface area contributed by atoms with E-state index in [0.717, 1.165) is 35.0 Å². The van der Waals surface area contributed by atoms with Crippen molar-refractivity contribution in [3.63, 3.8) is 0 Å². The van der Waals surface area contributed by atoms with Crippen LogP contribution in [0.3, 0.4) is 0 Å². The van der Waals surface area contributed by atoms with Crippen molar-refractivity contribution < 1.29 is 4.74 Å². The molecule has 1 atom stereocenters. The van der Waals surface area contributed by atoms with Crippen molar-refractivity contribution >= 4 is 0 Å². The van der Waals surface area contributed by atoms with E-state index in [4.69, 9.17) is 4.74 Å². The number of aromatic nitrogens is 1. The molecule has 0 saturated heterocycles. The molecule has 0 spiro atoms. The number of hydrogen-bond acceptors (Lipinski definition) is 3. The molecule has 1 aliphatic carbocycles. The van der Waals surface area contributed by atoms with Gasteiger partial charge in [0.15, 0.2) is 0 Å². The molecule has 1 N–H and O–H groups in total. The van der Waals surface area contributed by atoms with E-state index in [1.165, 1.54) is 19.3 Å². The molecule has 0 aromatic carbocycles. The number of hydrogen-bond donors (Lipinski definition) is 1. The molecule has 1 aliphatic rings. The molecule has 18 heavy (non-hydrogen) atoms. The molecule has 0 aliphatic heterocycles. The lowest BCUT2D eigenvalue weighted by Crippen LogP contribution is -2.26. The third-order valence-corrected chi connectivity index (χ3v) is 3.75. The van der Waals surface area contributed by atoms with Crippen LogP contribution in [-0.2, 0) is 6.54 Å². The van der Waals surface area contributed by atoms with Gasteiger partial charge in [0.05, 0.1) is 12.8 Å². The zero-order valence-electron chi connectivity index (χ0n) is 11.9. The first-order chi connectivity index (χ1) is 8.61. The molecule has 0 bridgehead atoms. The maximum absolute atomic E-state index is 5.43. The molecule has 3 heteroatoms. The van der Waals surface area contributed by atoms with Crippen LogP contribution < -0.4 is 10.1 Å². The molecule has 1 aromatic heterocycles. The molecule has 1 unspecified atom stereocenters. The first kappa shape index (κ1) is 13.3. The Morgan fingerprint density at radius 2 is 2.17 bits per heavy atom. The van der Waals surface area contributed by atoms with E-state index in [-0.39, 0.29) is 0 Å². The second-order valence-electron chi connectivity index (χ2n) is 5.51. The van der Waals surface area contributed by atoms with Crippen molar-refractivity contribution in [2.24, 2.45) is 5.92 Å². The minimum atomic E-state index is 0.575. The lowest BCUT2D eigenvalue weighted by molar-refractivity contribution is 0.405. The number of nitrogens with one attached hydrogen (secondary N) is 1. The summed E-state index contributed by atoms with van der Waals surface area (Å²) < 4.78 is 5.43. The molecule has 2 rings (SSSR count). The molecule has 0 radical (unpaired) electrons. The Labute approximate surface area is 110 Å². The van der Waals surface area contributed by atoms with Crippen molar-refractivity contribution in [1.82, 2.24) is 10.3 Å². The lowest BCUT2D eigenvalue weighted by atomic mass is 10.1. The topological polar surface area (TPSA) is 34.1 Å². The second-order valence-corrected chi connectivity index (χ2v) is 5.51. The first-order valence-corrected chi connectivity index (χ1v) is 6.84. The average molecular weight is 248 g/mol. The summed E-state index contributed by atoms with van der Waals surface area (Å²) in [6.07, 6.45) is 6.03. The van der Waals surface area contributed by atoms with Gasteiger partial charge < -0.3 is 10.1 Å². The number of ether oxygens (including phenoxy) is 1. The number of rotatable bonds is 6. The highest BCUT2D eigenvalue weighted by atomic mass is 16.5. The summed E-state index contributed by atoms with van der Waals surface area (Å²) in [5.41, 5.74) is 3.36. The van der Waals surface area contributed by atoms with Crippen LogP contribution in [-0.4, -0.2) is 18.1 Å². The van der Waals surface area contributed by atoms with Crippen molar-refractivity contribution in [1.29, 1.82) is 0 Å². The first-order valence-electron chi connectivity index (χ1n) is 6.84. The van der Waals surface area contributed by atoms with Crippen molar-refractivity contribution in [2.45, 2.75) is 52.6 Å². The molecular formula is C15H24N2O. The predicted molar refractivity (Wildman–Crippen MR) is 73.9 cm³/mol. The van der Waals surface area contributed by atoms with Crippen LogP contribution in [0, 0.1) is 19.8 Å². The van der Waals surface area contributed by atoms with E-state index >= 15 is 0 Å². The highest BCUT2D eigenvalue weighted by molar-refractivity contribution is 5.40. The summed E-state index contributed by atoms with van der Waals surface area (Å²) in [6.45, 7) is 7.21. The van der Waals surface area contributed by atoms with Crippen LogP contribution in [0.1, 0.15) is 43.0 Å². The summed E-state index contributed by atoms with van der Waals surface area (Å²) in [7, 11) is 1.72. The quantitative estimate of drug-likeness (QED) is 0.840. The summed E-state index contributed by atoms with van der Waals surface area (Å²) in [5, 5.41) is 3.56. The summed E-state index contributed by atoms with van der Waals surface area (Å²) in [6, 6.07) is 0.575. The van der Waals surface area contributed by atoms with E-state index in [0.29, 0.717) is 6.04 Å². The van der Waals surface area contributed by atoms with Crippen LogP contribution in [0.5, 0.6) is 5.75 Å². The molecule has 1 saturated carbocycles. The van der Waals surface area contributed by atoms with Crippen LogP contribution in [0.25, 0.3) is 0 Å². The number of aryl methyl sites for hydroxylation is 1. The van der Waals surface area contributed by atoms with Gasteiger partial charge in [-0.1, -0.05) is 12.8 Å². The monoisotopic (exact) mass is 248 g/mol. The number of pyridine rings is 1. The summed E-state index contributed by atoms with van der Waals surface area (Å²) in [5.74, 6) is 1.94. The Kier molecular flexibility index (Phi) is 4.23. The van der Waals surface area contributed by atoms with Gasteiger partial charge in [0.25, 0.3) is 0 Å². The molecule has 1 fully saturated rings. The van der Waals surface area contributed by atoms with E-state index in [1.54, 1.807) is 7.11 Å². The van der Waals surface area contributed by atoms with Crippen LogP contribution in [0.2, 0.25) is 0 Å². The van der Waals surface area contributed by atoms with E-state index in [1.807, 2.05) is 13.1 Å². The van der Waals surface area contributed by atoms with Gasteiger partial charge in [-0.05, 0) is 33.1 Å². The third kappa shape index (κ3) is 3.22. The second kappa shape index (κ2) is 5.70. The van der Waals surface area contributed by atoms with Crippen molar-refractivity contribution in [2.75, 3.05) is 7.11 Å². The van der Waals surface area contributed by atoms with Crippen molar-refractivity contribution in [3.8, 4) is 5.75 Å². The Hall–Kier alpha value is -1.09. The molecule has 0 amide bonds. The van der Waals surface area contributed by atoms with Crippen molar-refractivity contribution in [3.05, 3.63) is 23.0 Å². The largest absolute Gasteiger partial charge is 0.496 e. The van der Waals surface area contributed by atoms with Crippen LogP contribution >= 0.6 is 0 Å². The van der Waals surface area contributed by atoms with Gasteiger partial charge in [-0.25, -0.2) is 0 Å². The van der Waals surface area contributed by atoms with Crippen LogP contribution in [0.4, 0.5) is 0 Å². The average Bonchev–Trinajstić information content (AvgIpc) is 3.12. The Bertz CT molecular complexity index is 413. The Morgan fingerprint density at radius 1 is 1.44 bits per heavy atom. The maximum atomic E-state index is 5.43. The summed E-state index contributed by atoms with van der Waals surface area (Å²) >= 11 is 0. The highest BCUT2D eigenvalue weighted by Crippen LogP contribution is 2.33.